The number of hydrogen-bond donors (Lipinski definition) is 2. The third kappa shape index (κ3) is 3.39. The summed E-state index contributed by atoms with van der Waals surface area (Å²) in [5.41, 5.74) is -0.911. The van der Waals surface area contributed by atoms with E-state index in [0.29, 0.717) is 12.2 Å². The van der Waals surface area contributed by atoms with Crippen LogP contribution >= 0.6 is 0 Å². The average Bonchev–Trinajstić information content (AvgIpc) is 2.88. The van der Waals surface area contributed by atoms with Crippen molar-refractivity contribution in [2.24, 2.45) is 0 Å². The van der Waals surface area contributed by atoms with E-state index >= 15 is 0 Å². The minimum atomic E-state index is -1.36. The lowest BCUT2D eigenvalue weighted by atomic mass is 9.94. The van der Waals surface area contributed by atoms with Crippen molar-refractivity contribution in [3.05, 3.63) is 35.6 Å². The molecule has 114 valence electrons. The Hall–Kier alpha value is -1.95. The SMILES string of the molecule is CC(CC(=O)NC1(C(=O)O)CCOC1)c1ccccc1F. The molecule has 5 nitrogen and oxygen atoms in total. The average molecular weight is 295 g/mol. The molecule has 1 aromatic rings. The fraction of sp³-hybridized carbons (Fsp3) is 0.467. The molecular weight excluding hydrogens is 277 g/mol. The van der Waals surface area contributed by atoms with E-state index in [1.807, 2.05) is 0 Å². The molecule has 21 heavy (non-hydrogen) atoms. The van der Waals surface area contributed by atoms with Crippen LogP contribution in [-0.2, 0) is 14.3 Å². The van der Waals surface area contributed by atoms with Crippen LogP contribution in [-0.4, -0.2) is 35.7 Å². The van der Waals surface area contributed by atoms with Gasteiger partial charge in [-0.05, 0) is 17.5 Å². The Bertz CT molecular complexity index is 540. The summed E-state index contributed by atoms with van der Waals surface area (Å²) in [4.78, 5) is 23.4. The van der Waals surface area contributed by atoms with Crippen molar-refractivity contribution in [2.75, 3.05) is 13.2 Å². The maximum Gasteiger partial charge on any atom is 0.331 e. The number of rotatable bonds is 5. The molecule has 1 aliphatic heterocycles. The smallest absolute Gasteiger partial charge is 0.331 e. The van der Waals surface area contributed by atoms with Crippen molar-refractivity contribution < 1.29 is 23.8 Å². The van der Waals surface area contributed by atoms with Crippen molar-refractivity contribution in [2.45, 2.75) is 31.2 Å². The summed E-state index contributed by atoms with van der Waals surface area (Å²) in [6.07, 6.45) is 0.262. The highest BCUT2D eigenvalue weighted by molar-refractivity contribution is 5.87. The molecule has 2 N–H and O–H groups in total. The monoisotopic (exact) mass is 295 g/mol. The molecule has 0 radical (unpaired) electrons. The standard InChI is InChI=1S/C15H18FNO4/c1-10(11-4-2-3-5-12(11)16)8-13(18)17-15(14(19)20)6-7-21-9-15/h2-5,10H,6-9H2,1H3,(H,17,18)(H,19,20). The van der Waals surface area contributed by atoms with E-state index in [-0.39, 0.29) is 31.2 Å². The van der Waals surface area contributed by atoms with Gasteiger partial charge in [-0.15, -0.1) is 0 Å². The summed E-state index contributed by atoms with van der Waals surface area (Å²) in [5.74, 6) is -2.22. The zero-order valence-electron chi connectivity index (χ0n) is 11.8. The minimum Gasteiger partial charge on any atom is -0.479 e. The van der Waals surface area contributed by atoms with Crippen LogP contribution in [0, 0.1) is 5.82 Å². The Labute approximate surface area is 122 Å². The maximum atomic E-state index is 13.7. The number of carboxylic acids is 1. The molecule has 1 fully saturated rings. The van der Waals surface area contributed by atoms with Gasteiger partial charge in [0.2, 0.25) is 5.91 Å². The highest BCUT2D eigenvalue weighted by Crippen LogP contribution is 2.24. The fourth-order valence-corrected chi connectivity index (χ4v) is 2.47. The molecule has 0 bridgehead atoms. The number of hydrogen-bond acceptors (Lipinski definition) is 3. The quantitative estimate of drug-likeness (QED) is 0.866. The van der Waals surface area contributed by atoms with Crippen LogP contribution in [0.25, 0.3) is 0 Å². The first kappa shape index (κ1) is 15.4. The molecule has 0 aliphatic carbocycles. The predicted octanol–water partition coefficient (Wildman–Crippen LogP) is 1.68. The molecule has 6 heteroatoms. The minimum absolute atomic E-state index is 0.0238. The first-order chi connectivity index (χ1) is 9.94. The van der Waals surface area contributed by atoms with Crippen molar-refractivity contribution in [1.29, 1.82) is 0 Å². The number of benzene rings is 1. The Morgan fingerprint density at radius 1 is 1.48 bits per heavy atom. The van der Waals surface area contributed by atoms with Crippen molar-refractivity contribution in [3.63, 3.8) is 0 Å². The molecule has 1 saturated heterocycles. The Morgan fingerprint density at radius 2 is 2.19 bits per heavy atom. The van der Waals surface area contributed by atoms with Crippen molar-refractivity contribution in [3.8, 4) is 0 Å². The third-order valence-corrected chi connectivity index (χ3v) is 3.74. The molecule has 0 aromatic heterocycles. The molecular formula is C15H18FNO4. The summed E-state index contributed by atoms with van der Waals surface area (Å²) in [5, 5.41) is 11.8. The number of ether oxygens (including phenoxy) is 1. The zero-order valence-corrected chi connectivity index (χ0v) is 11.8. The number of nitrogens with one attached hydrogen (secondary N) is 1. The number of aliphatic carboxylic acids is 1. The van der Waals surface area contributed by atoms with E-state index < -0.39 is 17.4 Å². The van der Waals surface area contributed by atoms with E-state index in [1.165, 1.54) is 6.07 Å². The predicted molar refractivity (Wildman–Crippen MR) is 73.4 cm³/mol. The van der Waals surface area contributed by atoms with Crippen LogP contribution in [0.3, 0.4) is 0 Å². The first-order valence-electron chi connectivity index (χ1n) is 6.81. The molecule has 0 spiro atoms. The molecule has 2 atom stereocenters. The molecule has 0 saturated carbocycles. The summed E-state index contributed by atoms with van der Waals surface area (Å²) in [6.45, 7) is 1.99. The zero-order chi connectivity index (χ0) is 15.5. The van der Waals surface area contributed by atoms with Crippen LogP contribution in [0.15, 0.2) is 24.3 Å². The summed E-state index contributed by atoms with van der Waals surface area (Å²) >= 11 is 0. The molecule has 2 unspecified atom stereocenters. The molecule has 1 aliphatic rings. The van der Waals surface area contributed by atoms with Gasteiger partial charge in [0.1, 0.15) is 5.82 Å². The summed E-state index contributed by atoms with van der Waals surface area (Å²) in [7, 11) is 0. The topological polar surface area (TPSA) is 75.6 Å². The Balaban J connectivity index is 2.01. The van der Waals surface area contributed by atoms with E-state index in [9.17, 15) is 19.1 Å². The number of amides is 1. The highest BCUT2D eigenvalue weighted by atomic mass is 19.1. The van der Waals surface area contributed by atoms with Gasteiger partial charge in [-0.3, -0.25) is 4.79 Å². The van der Waals surface area contributed by atoms with E-state index in [4.69, 9.17) is 4.74 Å². The molecule has 1 amide bonds. The molecule has 1 heterocycles. The largest absolute Gasteiger partial charge is 0.479 e. The first-order valence-corrected chi connectivity index (χ1v) is 6.81. The van der Waals surface area contributed by atoms with E-state index in [2.05, 4.69) is 5.32 Å². The number of carbonyl (C=O) groups is 2. The van der Waals surface area contributed by atoms with Crippen molar-refractivity contribution in [1.82, 2.24) is 5.32 Å². The number of halogens is 1. The second-order valence-corrected chi connectivity index (χ2v) is 5.36. The van der Waals surface area contributed by atoms with Gasteiger partial charge in [-0.1, -0.05) is 25.1 Å². The molecule has 1 aromatic carbocycles. The lowest BCUT2D eigenvalue weighted by Crippen LogP contribution is -2.55. The Morgan fingerprint density at radius 3 is 2.76 bits per heavy atom. The van der Waals surface area contributed by atoms with Crippen LogP contribution in [0.1, 0.15) is 31.2 Å². The molecule has 2 rings (SSSR count). The van der Waals surface area contributed by atoms with Gasteiger partial charge in [0, 0.05) is 19.4 Å². The third-order valence-electron chi connectivity index (χ3n) is 3.74. The lowest BCUT2D eigenvalue weighted by Gasteiger charge is -2.24. The maximum absolute atomic E-state index is 13.7. The van der Waals surface area contributed by atoms with Crippen LogP contribution < -0.4 is 5.32 Å². The van der Waals surface area contributed by atoms with E-state index in [1.54, 1.807) is 25.1 Å². The second-order valence-electron chi connectivity index (χ2n) is 5.36. The van der Waals surface area contributed by atoms with Crippen LogP contribution in [0.2, 0.25) is 0 Å². The van der Waals surface area contributed by atoms with Gasteiger partial charge in [0.15, 0.2) is 5.54 Å². The number of carboxylic acid groups (broad SMARTS) is 1. The lowest BCUT2D eigenvalue weighted by molar-refractivity contribution is -0.147. The number of carbonyl (C=O) groups excluding carboxylic acids is 1. The van der Waals surface area contributed by atoms with Gasteiger partial charge < -0.3 is 15.2 Å². The van der Waals surface area contributed by atoms with Gasteiger partial charge in [-0.25, -0.2) is 9.18 Å². The highest BCUT2D eigenvalue weighted by Gasteiger charge is 2.43. The van der Waals surface area contributed by atoms with Gasteiger partial charge in [0.05, 0.1) is 6.61 Å². The van der Waals surface area contributed by atoms with Crippen LogP contribution in [0.5, 0.6) is 0 Å². The van der Waals surface area contributed by atoms with E-state index in [0.717, 1.165) is 0 Å². The van der Waals surface area contributed by atoms with Crippen LogP contribution in [0.4, 0.5) is 4.39 Å². The summed E-state index contributed by atoms with van der Waals surface area (Å²) in [6, 6.07) is 6.25. The van der Waals surface area contributed by atoms with Crippen molar-refractivity contribution >= 4 is 11.9 Å². The normalized spacial score (nSPS) is 22.8. The Kier molecular flexibility index (Phi) is 4.57. The summed E-state index contributed by atoms with van der Waals surface area (Å²) < 4.78 is 18.7. The second kappa shape index (κ2) is 6.22. The van der Waals surface area contributed by atoms with Gasteiger partial charge >= 0.3 is 5.97 Å². The fourth-order valence-electron chi connectivity index (χ4n) is 2.47. The van der Waals surface area contributed by atoms with Gasteiger partial charge in [-0.2, -0.15) is 0 Å². The van der Waals surface area contributed by atoms with Gasteiger partial charge in [0.25, 0.3) is 0 Å².